The highest BCUT2D eigenvalue weighted by atomic mass is 28.4. The topological polar surface area (TPSA) is 98.8 Å². The van der Waals surface area contributed by atoms with Crippen molar-refractivity contribution in [2.75, 3.05) is 27.1 Å². The van der Waals surface area contributed by atoms with Gasteiger partial charge in [0.15, 0.2) is 8.32 Å². The van der Waals surface area contributed by atoms with Gasteiger partial charge >= 0.3 is 11.9 Å². The predicted octanol–water partition coefficient (Wildman–Crippen LogP) is 13.8. The number of benzene rings is 1. The molecule has 0 fully saturated rings. The van der Waals surface area contributed by atoms with Gasteiger partial charge in [-0.15, -0.1) is 0 Å². The Labute approximate surface area is 392 Å². The van der Waals surface area contributed by atoms with Crippen LogP contribution in [0.15, 0.2) is 35.9 Å². The van der Waals surface area contributed by atoms with E-state index >= 15 is 0 Å². The highest BCUT2D eigenvalue weighted by Crippen LogP contribution is 2.53. The summed E-state index contributed by atoms with van der Waals surface area (Å²) < 4.78 is 44.3. The maximum Gasteiger partial charge on any atom is 0.311 e. The van der Waals surface area contributed by atoms with Crippen molar-refractivity contribution in [3.05, 3.63) is 47.1 Å². The number of esters is 2. The van der Waals surface area contributed by atoms with Gasteiger partial charge in [0.25, 0.3) is 8.32 Å². The Morgan fingerprint density at radius 2 is 1.47 bits per heavy atom. The molecule has 0 amide bonds. The first-order valence-corrected chi connectivity index (χ1v) is 29.6. The smallest absolute Gasteiger partial charge is 0.311 e. The fourth-order valence-electron chi connectivity index (χ4n) is 9.63. The minimum Gasteiger partial charge on any atom is -0.543 e. The second kappa shape index (κ2) is 23.1. The molecule has 2 aliphatic rings. The summed E-state index contributed by atoms with van der Waals surface area (Å²) in [7, 11) is -2.99. The molecule has 0 spiro atoms. The fourth-order valence-corrected chi connectivity index (χ4v) is 16.2. The molecule has 0 aromatic heterocycles. The number of fused-ring (bicyclic) bond motifs is 3. The van der Waals surface area contributed by atoms with Crippen LogP contribution in [0.25, 0.3) is 6.08 Å². The number of rotatable bonds is 24. The van der Waals surface area contributed by atoms with Crippen LogP contribution in [0.3, 0.4) is 0 Å². The molecule has 1 aromatic rings. The van der Waals surface area contributed by atoms with Crippen LogP contribution in [-0.4, -0.2) is 79.6 Å². The Bertz CT molecular complexity index is 1690. The van der Waals surface area contributed by atoms with Gasteiger partial charge in [-0.25, -0.2) is 0 Å². The van der Waals surface area contributed by atoms with Crippen molar-refractivity contribution in [2.24, 2.45) is 23.2 Å². The molecule has 0 saturated carbocycles. The first kappa shape index (κ1) is 56.0. The van der Waals surface area contributed by atoms with E-state index in [1.165, 1.54) is 5.56 Å². The quantitative estimate of drug-likeness (QED) is 0.0330. The zero-order valence-corrected chi connectivity index (χ0v) is 46.1. The van der Waals surface area contributed by atoms with Crippen LogP contribution in [0.1, 0.15) is 167 Å². The van der Waals surface area contributed by atoms with Crippen molar-refractivity contribution in [3.63, 3.8) is 0 Å². The van der Waals surface area contributed by atoms with Crippen LogP contribution in [-0.2, 0) is 37.7 Å². The van der Waals surface area contributed by atoms with Gasteiger partial charge in [-0.1, -0.05) is 100 Å². The Kier molecular flexibility index (Phi) is 20.3. The van der Waals surface area contributed by atoms with Gasteiger partial charge in [0.1, 0.15) is 24.2 Å². The van der Waals surface area contributed by atoms with E-state index in [4.69, 9.17) is 32.5 Å². The number of carbonyl (C=O) groups is 2. The molecule has 0 N–H and O–H groups in total. The second-order valence-electron chi connectivity index (χ2n) is 23.2. The van der Waals surface area contributed by atoms with Crippen molar-refractivity contribution in [3.8, 4) is 5.75 Å². The summed E-state index contributed by atoms with van der Waals surface area (Å²) in [6, 6.07) is 6.66. The Morgan fingerprint density at radius 3 is 2.00 bits per heavy atom. The van der Waals surface area contributed by atoms with E-state index < -0.39 is 39.9 Å². The standard InChI is InChI=1S/C53H92O9Si2/c1-21-40(58-34-57-30-29-56-18)23-22-24-47(59-50(55)51(9,10)11)38(8)49(62-63(19,20)53(15,16)17)46-32-44-42-28-26-41(61-64(35(2)3,36(4)5)37(6)7)31-39(42)25-27-43(44)45(46)33-48(54)60-52(12,13)14/h25-28,31-32,35-38,40,43-45,47,49H,21-24,29-30,33-34H2,1-20H3/t38-,40+,43-,44+,45+,47+,49+/m1/s1. The van der Waals surface area contributed by atoms with E-state index in [-0.39, 0.29) is 60.0 Å². The van der Waals surface area contributed by atoms with Crippen molar-refractivity contribution in [1.29, 1.82) is 0 Å². The molecule has 0 aliphatic heterocycles. The molecule has 0 radical (unpaired) electrons. The average molecular weight is 929 g/mol. The van der Waals surface area contributed by atoms with Gasteiger partial charge in [0.2, 0.25) is 0 Å². The summed E-state index contributed by atoms with van der Waals surface area (Å²) in [5.41, 5.74) is 3.51. The van der Waals surface area contributed by atoms with E-state index in [1.807, 2.05) is 41.5 Å². The van der Waals surface area contributed by atoms with Crippen LogP contribution in [0, 0.1) is 23.2 Å². The minimum absolute atomic E-state index is 0.00706. The van der Waals surface area contributed by atoms with Crippen molar-refractivity contribution in [1.82, 2.24) is 0 Å². The molecule has 7 atom stereocenters. The lowest BCUT2D eigenvalue weighted by Crippen LogP contribution is -2.50. The molecule has 0 heterocycles. The number of hydrogen-bond donors (Lipinski definition) is 0. The molecule has 0 saturated heterocycles. The van der Waals surface area contributed by atoms with Crippen LogP contribution >= 0.6 is 0 Å². The van der Waals surface area contributed by atoms with Crippen molar-refractivity contribution < 1.29 is 42.1 Å². The van der Waals surface area contributed by atoms with Gasteiger partial charge in [0, 0.05) is 18.9 Å². The van der Waals surface area contributed by atoms with E-state index in [0.29, 0.717) is 36.3 Å². The summed E-state index contributed by atoms with van der Waals surface area (Å²) in [4.78, 5) is 27.9. The highest BCUT2D eigenvalue weighted by molar-refractivity contribution is 6.78. The van der Waals surface area contributed by atoms with Crippen LogP contribution < -0.4 is 4.43 Å². The predicted molar refractivity (Wildman–Crippen MR) is 268 cm³/mol. The number of ether oxygens (including phenoxy) is 5. The molecule has 0 unspecified atom stereocenters. The number of carbonyl (C=O) groups excluding carboxylic acids is 2. The monoisotopic (exact) mass is 929 g/mol. The number of allylic oxidation sites excluding steroid dienone is 2. The molecule has 9 nitrogen and oxygen atoms in total. The SMILES string of the molecule is CC[C@@H](CCC[C@H](OC(=O)C(C)(C)C)[C@@H](C)[C@H](O[Si](C)(C)C(C)(C)C)C1=C[C@H]2c3ccc(O[Si](C(C)C)(C(C)C)C(C)C)cc3C=C[C@H]2[C@@H]1CC(=O)OC(C)(C)C)OCOCCOC. The fraction of sp³-hybridized carbons (Fsp3) is 0.774. The van der Waals surface area contributed by atoms with Crippen molar-refractivity contribution in [2.45, 2.75) is 214 Å². The summed E-state index contributed by atoms with van der Waals surface area (Å²) in [6.07, 6.45) is 9.37. The zero-order chi connectivity index (χ0) is 48.6. The highest BCUT2D eigenvalue weighted by Gasteiger charge is 2.50. The molecule has 1 aromatic carbocycles. The third kappa shape index (κ3) is 14.6. The minimum atomic E-state index is -2.46. The molecule has 0 bridgehead atoms. The molecule has 11 heteroatoms. The molecule has 64 heavy (non-hydrogen) atoms. The van der Waals surface area contributed by atoms with Gasteiger partial charge in [0.05, 0.1) is 37.3 Å². The normalized spacial score (nSPS) is 20.2. The molecule has 366 valence electrons. The third-order valence-corrected chi connectivity index (χ3v) is 24.6. The van der Waals surface area contributed by atoms with Gasteiger partial charge in [-0.3, -0.25) is 9.59 Å². The Balaban J connectivity index is 2.19. The lowest BCUT2D eigenvalue weighted by atomic mass is 9.75. The van der Waals surface area contributed by atoms with E-state index in [0.717, 1.165) is 36.1 Å². The first-order chi connectivity index (χ1) is 29.5. The van der Waals surface area contributed by atoms with Gasteiger partial charge in [-0.05, 0) is 143 Å². The molecule has 3 rings (SSSR count). The molecule has 2 aliphatic carbocycles. The average Bonchev–Trinajstić information content (AvgIpc) is 3.53. The van der Waals surface area contributed by atoms with E-state index in [1.54, 1.807) is 7.11 Å². The van der Waals surface area contributed by atoms with E-state index in [2.05, 4.69) is 126 Å². The van der Waals surface area contributed by atoms with Crippen LogP contribution in [0.5, 0.6) is 5.75 Å². The maximum absolute atomic E-state index is 14.0. The molecular weight excluding hydrogens is 837 g/mol. The second-order valence-corrected chi connectivity index (χ2v) is 33.4. The summed E-state index contributed by atoms with van der Waals surface area (Å²) in [6.45, 7) is 42.3. The van der Waals surface area contributed by atoms with Gasteiger partial charge in [-0.2, -0.15) is 0 Å². The first-order valence-electron chi connectivity index (χ1n) is 24.5. The zero-order valence-electron chi connectivity index (χ0n) is 44.1. The summed E-state index contributed by atoms with van der Waals surface area (Å²) in [5, 5.41) is -0.102. The Morgan fingerprint density at radius 1 is 0.844 bits per heavy atom. The van der Waals surface area contributed by atoms with Gasteiger partial charge < -0.3 is 32.5 Å². The maximum atomic E-state index is 14.0. The lowest BCUT2D eigenvalue weighted by Gasteiger charge is -2.44. The van der Waals surface area contributed by atoms with Crippen LogP contribution in [0.4, 0.5) is 0 Å². The summed E-state index contributed by atoms with van der Waals surface area (Å²) in [5.74, 6) is 0.0824. The number of hydrogen-bond acceptors (Lipinski definition) is 9. The summed E-state index contributed by atoms with van der Waals surface area (Å²) >= 11 is 0. The van der Waals surface area contributed by atoms with Crippen LogP contribution in [0.2, 0.25) is 34.8 Å². The number of methoxy groups -OCH3 is 1. The lowest BCUT2D eigenvalue weighted by molar-refractivity contribution is -0.163. The third-order valence-electron chi connectivity index (χ3n) is 14.2. The largest absolute Gasteiger partial charge is 0.543 e. The van der Waals surface area contributed by atoms with Crippen molar-refractivity contribution >= 4 is 34.6 Å². The molecular formula is C53H92O9Si2. The Hall–Kier alpha value is -2.29. The van der Waals surface area contributed by atoms with E-state index in [9.17, 15) is 9.59 Å².